The van der Waals surface area contributed by atoms with Crippen molar-refractivity contribution in [1.29, 1.82) is 0 Å². The number of carbonyl (C=O) groups is 1. The van der Waals surface area contributed by atoms with Gasteiger partial charge in [0.1, 0.15) is 6.33 Å². The van der Waals surface area contributed by atoms with E-state index in [2.05, 4.69) is 15.3 Å². The third-order valence-electron chi connectivity index (χ3n) is 4.00. The van der Waals surface area contributed by atoms with Gasteiger partial charge in [0.25, 0.3) is 0 Å². The summed E-state index contributed by atoms with van der Waals surface area (Å²) in [5.74, 6) is 0.137. The molecule has 0 aliphatic carbocycles. The van der Waals surface area contributed by atoms with Crippen LogP contribution >= 0.6 is 11.3 Å². The molecular weight excluding hydrogens is 306 g/mol. The largest absolute Gasteiger partial charge is 0.326 e. The van der Waals surface area contributed by atoms with Gasteiger partial charge in [-0.25, -0.2) is 9.97 Å². The van der Waals surface area contributed by atoms with Gasteiger partial charge >= 0.3 is 0 Å². The summed E-state index contributed by atoms with van der Waals surface area (Å²) in [6.07, 6.45) is 3.29. The van der Waals surface area contributed by atoms with Crippen LogP contribution in [0.3, 0.4) is 0 Å². The molecule has 5 heteroatoms. The van der Waals surface area contributed by atoms with Gasteiger partial charge in [-0.3, -0.25) is 4.79 Å². The molecule has 118 valence electrons. The first-order valence-corrected chi connectivity index (χ1v) is 8.70. The van der Waals surface area contributed by atoms with E-state index in [1.54, 1.807) is 17.7 Å². The number of rotatable bonds is 5. The number of nitrogens with zero attached hydrogens (tertiary/aromatic N) is 2. The van der Waals surface area contributed by atoms with Crippen molar-refractivity contribution in [3.05, 3.63) is 42.0 Å². The van der Waals surface area contributed by atoms with Crippen molar-refractivity contribution >= 4 is 33.1 Å². The molecule has 1 N–H and O–H groups in total. The number of benzene rings is 1. The second-order valence-electron chi connectivity index (χ2n) is 5.44. The Hall–Kier alpha value is -2.27. The van der Waals surface area contributed by atoms with Gasteiger partial charge in [-0.2, -0.15) is 0 Å². The Morgan fingerprint density at radius 1 is 1.22 bits per heavy atom. The third kappa shape index (κ3) is 3.24. The first-order chi connectivity index (χ1) is 11.2. The number of nitrogens with one attached hydrogen (secondary N) is 1. The number of carbonyl (C=O) groups excluding carboxylic acids is 1. The number of hydrogen-bond donors (Lipinski definition) is 1. The number of thiophene rings is 1. The van der Waals surface area contributed by atoms with E-state index in [1.165, 1.54) is 0 Å². The minimum atomic E-state index is 0.0571. The number of anilines is 1. The summed E-state index contributed by atoms with van der Waals surface area (Å²) in [4.78, 5) is 21.0. The highest BCUT2D eigenvalue weighted by atomic mass is 32.1. The summed E-state index contributed by atoms with van der Waals surface area (Å²) in [6.45, 7) is 4.08. The van der Waals surface area contributed by atoms with Crippen LogP contribution in [0.1, 0.15) is 26.7 Å². The lowest BCUT2D eigenvalue weighted by molar-refractivity contribution is -0.120. The van der Waals surface area contributed by atoms with Crippen molar-refractivity contribution in [2.24, 2.45) is 5.92 Å². The Balaban J connectivity index is 1.91. The zero-order valence-corrected chi connectivity index (χ0v) is 14.1. The molecule has 2 heterocycles. The van der Waals surface area contributed by atoms with Crippen molar-refractivity contribution in [2.75, 3.05) is 5.32 Å². The van der Waals surface area contributed by atoms with Crippen LogP contribution in [0.2, 0.25) is 0 Å². The minimum Gasteiger partial charge on any atom is -0.326 e. The van der Waals surface area contributed by atoms with Crippen molar-refractivity contribution in [2.45, 2.75) is 26.7 Å². The minimum absolute atomic E-state index is 0.0571. The molecule has 3 aromatic rings. The van der Waals surface area contributed by atoms with Crippen LogP contribution in [-0.2, 0) is 4.79 Å². The van der Waals surface area contributed by atoms with Crippen LogP contribution in [0.4, 0.5) is 5.69 Å². The lowest BCUT2D eigenvalue weighted by Gasteiger charge is -2.13. The van der Waals surface area contributed by atoms with E-state index in [-0.39, 0.29) is 11.8 Å². The van der Waals surface area contributed by atoms with Gasteiger partial charge in [0.2, 0.25) is 5.91 Å². The van der Waals surface area contributed by atoms with Crippen LogP contribution in [0.15, 0.2) is 42.0 Å². The first-order valence-electron chi connectivity index (χ1n) is 7.82. The summed E-state index contributed by atoms with van der Waals surface area (Å²) in [5.41, 5.74) is 3.65. The highest BCUT2D eigenvalue weighted by molar-refractivity contribution is 7.17. The van der Waals surface area contributed by atoms with E-state index >= 15 is 0 Å². The molecule has 0 bridgehead atoms. The van der Waals surface area contributed by atoms with Gasteiger partial charge in [0.05, 0.1) is 15.9 Å². The summed E-state index contributed by atoms with van der Waals surface area (Å²) < 4.78 is 1.07. The van der Waals surface area contributed by atoms with Gasteiger partial charge in [0.15, 0.2) is 0 Å². The van der Waals surface area contributed by atoms with Gasteiger partial charge in [0, 0.05) is 17.2 Å². The molecule has 2 aromatic heterocycles. The zero-order valence-electron chi connectivity index (χ0n) is 13.2. The van der Waals surface area contributed by atoms with Gasteiger partial charge in [-0.15, -0.1) is 11.3 Å². The van der Waals surface area contributed by atoms with Crippen molar-refractivity contribution in [3.63, 3.8) is 0 Å². The molecule has 0 aliphatic rings. The zero-order chi connectivity index (χ0) is 16.2. The molecule has 0 unspecified atom stereocenters. The maximum atomic E-state index is 12.3. The first kappa shape index (κ1) is 15.6. The smallest absolute Gasteiger partial charge is 0.227 e. The molecule has 1 amide bonds. The van der Waals surface area contributed by atoms with E-state index < -0.39 is 0 Å². The van der Waals surface area contributed by atoms with Gasteiger partial charge < -0.3 is 5.32 Å². The quantitative estimate of drug-likeness (QED) is 0.737. The van der Waals surface area contributed by atoms with Crippen molar-refractivity contribution in [3.8, 4) is 11.3 Å². The molecule has 23 heavy (non-hydrogen) atoms. The maximum Gasteiger partial charge on any atom is 0.227 e. The third-order valence-corrected chi connectivity index (χ3v) is 4.91. The predicted molar refractivity (Wildman–Crippen MR) is 95.6 cm³/mol. The fourth-order valence-corrected chi connectivity index (χ4v) is 3.50. The topological polar surface area (TPSA) is 54.9 Å². The van der Waals surface area contributed by atoms with Crippen LogP contribution in [0, 0.1) is 5.92 Å². The van der Waals surface area contributed by atoms with E-state index in [4.69, 9.17) is 0 Å². The maximum absolute atomic E-state index is 12.3. The monoisotopic (exact) mass is 325 g/mol. The van der Waals surface area contributed by atoms with Gasteiger partial charge in [-0.05, 0) is 36.4 Å². The fourth-order valence-electron chi connectivity index (χ4n) is 2.64. The van der Waals surface area contributed by atoms with E-state index in [0.29, 0.717) is 0 Å². The average Bonchev–Trinajstić information content (AvgIpc) is 3.04. The molecule has 4 nitrogen and oxygen atoms in total. The highest BCUT2D eigenvalue weighted by Gasteiger charge is 2.15. The molecule has 0 saturated heterocycles. The lowest BCUT2D eigenvalue weighted by Crippen LogP contribution is -2.21. The molecule has 0 spiro atoms. The van der Waals surface area contributed by atoms with Crippen molar-refractivity contribution in [1.82, 2.24) is 9.97 Å². The Morgan fingerprint density at radius 3 is 2.83 bits per heavy atom. The Morgan fingerprint density at radius 2 is 2.04 bits per heavy atom. The summed E-state index contributed by atoms with van der Waals surface area (Å²) in [6, 6.07) is 9.83. The van der Waals surface area contributed by atoms with Crippen molar-refractivity contribution < 1.29 is 4.79 Å². The highest BCUT2D eigenvalue weighted by Crippen LogP contribution is 2.30. The average molecular weight is 325 g/mol. The molecule has 0 saturated carbocycles. The molecular formula is C18H19N3OS. The van der Waals surface area contributed by atoms with E-state index in [9.17, 15) is 4.79 Å². The molecule has 0 radical (unpaired) electrons. The van der Waals surface area contributed by atoms with E-state index in [1.807, 2.05) is 49.6 Å². The Kier molecular flexibility index (Phi) is 4.67. The number of fused-ring (bicyclic) bond motifs is 1. The molecule has 0 fully saturated rings. The Bertz CT molecular complexity index is 824. The SMILES string of the molecule is CCC(CC)C(=O)Nc1cccc(-c2ncnc3ccsc23)c1. The normalized spacial score (nSPS) is 11.1. The predicted octanol–water partition coefficient (Wildman–Crippen LogP) is 4.73. The Labute approximate surface area is 139 Å². The fraction of sp³-hybridized carbons (Fsp3) is 0.278. The lowest BCUT2D eigenvalue weighted by atomic mass is 10.0. The number of hydrogen-bond acceptors (Lipinski definition) is 4. The van der Waals surface area contributed by atoms with Crippen LogP contribution in [-0.4, -0.2) is 15.9 Å². The van der Waals surface area contributed by atoms with Crippen LogP contribution in [0.25, 0.3) is 21.5 Å². The molecule has 0 aliphatic heterocycles. The second kappa shape index (κ2) is 6.87. The number of amides is 1. The molecule has 1 aromatic carbocycles. The van der Waals surface area contributed by atoms with E-state index in [0.717, 1.165) is 40.0 Å². The van der Waals surface area contributed by atoms with Crippen LogP contribution < -0.4 is 5.32 Å². The summed E-state index contributed by atoms with van der Waals surface area (Å²) >= 11 is 1.63. The standard InChI is InChI=1S/C18H19N3OS/c1-3-12(4-2)18(22)21-14-7-5-6-13(10-14)16-17-15(8-9-23-17)19-11-20-16/h5-12H,3-4H2,1-2H3,(H,21,22). The molecule has 3 rings (SSSR count). The molecule has 0 atom stereocenters. The van der Waals surface area contributed by atoms with Gasteiger partial charge in [-0.1, -0.05) is 26.0 Å². The summed E-state index contributed by atoms with van der Waals surface area (Å²) in [5, 5.41) is 5.03. The second-order valence-corrected chi connectivity index (χ2v) is 6.36. The van der Waals surface area contributed by atoms with Crippen LogP contribution in [0.5, 0.6) is 0 Å². The summed E-state index contributed by atoms with van der Waals surface area (Å²) in [7, 11) is 0. The number of aromatic nitrogens is 2.